The molecule has 1 aromatic heterocycles. The summed E-state index contributed by atoms with van der Waals surface area (Å²) in [5.74, 6) is 0. The molecule has 0 aliphatic carbocycles. The zero-order valence-electron chi connectivity index (χ0n) is 8.67. The number of hydrogen-bond donors (Lipinski definition) is 1. The van der Waals surface area contributed by atoms with E-state index in [2.05, 4.69) is 4.98 Å². The molecule has 86 valence electrons. The zero-order valence-corrected chi connectivity index (χ0v) is 10.3. The molecule has 0 fully saturated rings. The zero-order chi connectivity index (χ0) is 9.80. The van der Waals surface area contributed by atoms with Gasteiger partial charge in [0.25, 0.3) is 0 Å². The Morgan fingerprint density at radius 3 is 2.25 bits per heavy atom. The van der Waals surface area contributed by atoms with E-state index in [9.17, 15) is 0 Å². The molecule has 4 heteroatoms. The maximum Gasteiger partial charge on any atom is 0.0746 e. The van der Waals surface area contributed by atoms with E-state index in [-0.39, 0.29) is 24.8 Å². The van der Waals surface area contributed by atoms with E-state index in [1.165, 1.54) is 0 Å². The van der Waals surface area contributed by atoms with Crippen molar-refractivity contribution in [3.8, 4) is 11.3 Å². The van der Waals surface area contributed by atoms with E-state index in [4.69, 9.17) is 5.73 Å². The van der Waals surface area contributed by atoms with Crippen LogP contribution in [0.25, 0.3) is 11.3 Å². The lowest BCUT2D eigenvalue weighted by Gasteiger charge is -2.05. The summed E-state index contributed by atoms with van der Waals surface area (Å²) in [4.78, 5) is 4.34. The molecule has 2 N–H and O–H groups in total. The molecule has 0 radical (unpaired) electrons. The lowest BCUT2D eigenvalue weighted by Crippen LogP contribution is -2.00. The van der Waals surface area contributed by atoms with Crippen LogP contribution in [0.4, 0.5) is 0 Å². The number of benzene rings is 1. The topological polar surface area (TPSA) is 38.9 Å². The fourth-order valence-corrected chi connectivity index (χ4v) is 1.46. The molecule has 0 aliphatic rings. The molecule has 0 amide bonds. The smallest absolute Gasteiger partial charge is 0.0746 e. The summed E-state index contributed by atoms with van der Waals surface area (Å²) in [7, 11) is 0. The van der Waals surface area contributed by atoms with Crippen molar-refractivity contribution in [2.75, 3.05) is 0 Å². The minimum atomic E-state index is 0. The Balaban J connectivity index is 0.00000112. The molecule has 0 spiro atoms. The quantitative estimate of drug-likeness (QED) is 0.898. The minimum absolute atomic E-state index is 0. The summed E-state index contributed by atoms with van der Waals surface area (Å²) < 4.78 is 0. The van der Waals surface area contributed by atoms with E-state index in [0.29, 0.717) is 6.54 Å². The largest absolute Gasteiger partial charge is 0.326 e. The maximum atomic E-state index is 5.65. The normalized spacial score (nSPS) is 8.81. The van der Waals surface area contributed by atoms with Crippen LogP contribution < -0.4 is 5.73 Å². The minimum Gasteiger partial charge on any atom is -0.326 e. The highest BCUT2D eigenvalue weighted by molar-refractivity contribution is 5.85. The van der Waals surface area contributed by atoms with Gasteiger partial charge in [0.1, 0.15) is 0 Å². The van der Waals surface area contributed by atoms with Gasteiger partial charge in [-0.3, -0.25) is 4.98 Å². The molecule has 0 aliphatic heterocycles. The average Bonchev–Trinajstić information content (AvgIpc) is 2.30. The fraction of sp³-hybridized carbons (Fsp3) is 0.0833. The third-order valence-corrected chi connectivity index (χ3v) is 2.16. The van der Waals surface area contributed by atoms with Gasteiger partial charge in [-0.25, -0.2) is 0 Å². The molecule has 0 unspecified atom stereocenters. The third kappa shape index (κ3) is 3.20. The fourth-order valence-electron chi connectivity index (χ4n) is 1.46. The van der Waals surface area contributed by atoms with Crippen molar-refractivity contribution in [2.24, 2.45) is 5.73 Å². The molecule has 1 aromatic carbocycles. The molecule has 16 heavy (non-hydrogen) atoms. The van der Waals surface area contributed by atoms with Gasteiger partial charge in [-0.2, -0.15) is 0 Å². The van der Waals surface area contributed by atoms with Crippen molar-refractivity contribution in [3.63, 3.8) is 0 Å². The van der Waals surface area contributed by atoms with Crippen LogP contribution in [0.1, 0.15) is 5.56 Å². The first kappa shape index (κ1) is 14.9. The first-order chi connectivity index (χ1) is 6.92. The average molecular weight is 257 g/mol. The first-order valence-corrected chi connectivity index (χ1v) is 4.61. The summed E-state index contributed by atoms with van der Waals surface area (Å²) in [6, 6.07) is 14.0. The number of aromatic nitrogens is 1. The predicted octanol–water partition coefficient (Wildman–Crippen LogP) is 3.05. The van der Waals surface area contributed by atoms with Crippen LogP contribution in [0.3, 0.4) is 0 Å². The molecule has 0 saturated heterocycles. The van der Waals surface area contributed by atoms with Gasteiger partial charge < -0.3 is 5.73 Å². The van der Waals surface area contributed by atoms with Gasteiger partial charge in [-0.05, 0) is 11.6 Å². The van der Waals surface area contributed by atoms with Crippen molar-refractivity contribution < 1.29 is 0 Å². The second-order valence-corrected chi connectivity index (χ2v) is 3.08. The lowest BCUT2D eigenvalue weighted by molar-refractivity contribution is 1.05. The van der Waals surface area contributed by atoms with Crippen molar-refractivity contribution in [1.82, 2.24) is 4.98 Å². The summed E-state index contributed by atoms with van der Waals surface area (Å²) in [5, 5.41) is 0. The van der Waals surface area contributed by atoms with Crippen molar-refractivity contribution in [2.45, 2.75) is 6.54 Å². The summed E-state index contributed by atoms with van der Waals surface area (Å²) in [6.07, 6.45) is 1.79. The van der Waals surface area contributed by atoms with Gasteiger partial charge in [-0.15, -0.1) is 24.8 Å². The van der Waals surface area contributed by atoms with Crippen LogP contribution in [0.2, 0.25) is 0 Å². The Morgan fingerprint density at radius 2 is 1.62 bits per heavy atom. The number of nitrogens with zero attached hydrogens (tertiary/aromatic N) is 1. The van der Waals surface area contributed by atoms with Crippen LogP contribution in [0.5, 0.6) is 0 Å². The highest BCUT2D eigenvalue weighted by Crippen LogP contribution is 2.19. The van der Waals surface area contributed by atoms with E-state index >= 15 is 0 Å². The monoisotopic (exact) mass is 256 g/mol. The first-order valence-electron chi connectivity index (χ1n) is 4.61. The van der Waals surface area contributed by atoms with Gasteiger partial charge in [-0.1, -0.05) is 36.4 Å². The summed E-state index contributed by atoms with van der Waals surface area (Å²) in [5.41, 5.74) is 8.83. The molecular formula is C12H14Cl2N2. The standard InChI is InChI=1S/C12H12N2.2ClH/c13-9-11-7-4-8-14-12(11)10-5-2-1-3-6-10;;/h1-8H,9,13H2;2*1H. The van der Waals surface area contributed by atoms with E-state index in [0.717, 1.165) is 16.8 Å². The van der Waals surface area contributed by atoms with Gasteiger partial charge in [0.2, 0.25) is 0 Å². The highest BCUT2D eigenvalue weighted by atomic mass is 35.5. The van der Waals surface area contributed by atoms with Gasteiger partial charge in [0, 0.05) is 18.3 Å². The maximum absolute atomic E-state index is 5.65. The number of nitrogens with two attached hydrogens (primary N) is 1. The van der Waals surface area contributed by atoms with Crippen LogP contribution >= 0.6 is 24.8 Å². The van der Waals surface area contributed by atoms with Crippen LogP contribution in [-0.2, 0) is 6.54 Å². The molecule has 0 atom stereocenters. The van der Waals surface area contributed by atoms with Crippen LogP contribution in [0.15, 0.2) is 48.7 Å². The van der Waals surface area contributed by atoms with Crippen molar-refractivity contribution >= 4 is 24.8 Å². The molecule has 2 nitrogen and oxygen atoms in total. The molecule has 2 aromatic rings. The number of rotatable bonds is 2. The predicted molar refractivity (Wildman–Crippen MR) is 72.1 cm³/mol. The lowest BCUT2D eigenvalue weighted by atomic mass is 10.1. The SMILES string of the molecule is Cl.Cl.NCc1cccnc1-c1ccccc1. The molecular weight excluding hydrogens is 243 g/mol. The molecule has 2 rings (SSSR count). The Labute approximate surface area is 108 Å². The second-order valence-electron chi connectivity index (χ2n) is 3.08. The van der Waals surface area contributed by atoms with E-state index < -0.39 is 0 Å². The Bertz CT molecular complexity index is 418. The van der Waals surface area contributed by atoms with Crippen molar-refractivity contribution in [1.29, 1.82) is 0 Å². The second kappa shape index (κ2) is 7.23. The third-order valence-electron chi connectivity index (χ3n) is 2.16. The molecule has 0 saturated carbocycles. The summed E-state index contributed by atoms with van der Waals surface area (Å²) >= 11 is 0. The molecule has 0 bridgehead atoms. The Hall–Kier alpha value is -1.09. The highest BCUT2D eigenvalue weighted by Gasteiger charge is 2.02. The van der Waals surface area contributed by atoms with Gasteiger partial charge >= 0.3 is 0 Å². The number of halogens is 2. The summed E-state index contributed by atoms with van der Waals surface area (Å²) in [6.45, 7) is 0.526. The van der Waals surface area contributed by atoms with Crippen molar-refractivity contribution in [3.05, 3.63) is 54.2 Å². The Morgan fingerprint density at radius 1 is 0.938 bits per heavy atom. The molecule has 1 heterocycles. The van der Waals surface area contributed by atoms with E-state index in [1.54, 1.807) is 6.20 Å². The van der Waals surface area contributed by atoms with Gasteiger partial charge in [0.15, 0.2) is 0 Å². The number of pyridine rings is 1. The van der Waals surface area contributed by atoms with Crippen LogP contribution in [0, 0.1) is 0 Å². The van der Waals surface area contributed by atoms with E-state index in [1.807, 2.05) is 42.5 Å². The Kier molecular flexibility index (Phi) is 6.74. The van der Waals surface area contributed by atoms with Crippen LogP contribution in [-0.4, -0.2) is 4.98 Å². The van der Waals surface area contributed by atoms with Gasteiger partial charge in [0.05, 0.1) is 5.69 Å². The number of hydrogen-bond acceptors (Lipinski definition) is 2.